The molecule has 0 radical (unpaired) electrons. The van der Waals surface area contributed by atoms with Gasteiger partial charge in [-0.25, -0.2) is 18.1 Å². The third kappa shape index (κ3) is 4.09. The summed E-state index contributed by atoms with van der Waals surface area (Å²) in [6, 6.07) is 4.53. The van der Waals surface area contributed by atoms with Crippen LogP contribution in [0.25, 0.3) is 0 Å². The molecule has 0 amide bonds. The van der Waals surface area contributed by atoms with E-state index in [0.717, 1.165) is 19.3 Å². The number of unbranched alkanes of at least 4 members (excludes halogenated alkanes) is 1. The van der Waals surface area contributed by atoms with Crippen LogP contribution in [0.15, 0.2) is 23.2 Å². The summed E-state index contributed by atoms with van der Waals surface area (Å²) >= 11 is 0. The summed E-state index contributed by atoms with van der Waals surface area (Å²) in [6.45, 7) is 3.90. The summed E-state index contributed by atoms with van der Waals surface area (Å²) in [5.41, 5.74) is 0.202. The second-order valence-electron chi connectivity index (χ2n) is 4.16. The van der Waals surface area contributed by atoms with Crippen LogP contribution < -0.4 is 4.72 Å². The van der Waals surface area contributed by atoms with E-state index in [1.807, 2.05) is 13.0 Å². The first kappa shape index (κ1) is 14.6. The van der Waals surface area contributed by atoms with Gasteiger partial charge in [-0.3, -0.25) is 0 Å². The van der Waals surface area contributed by atoms with Gasteiger partial charge in [-0.2, -0.15) is 5.26 Å². The van der Waals surface area contributed by atoms with Gasteiger partial charge in [0.1, 0.15) is 16.7 Å². The lowest BCUT2D eigenvalue weighted by molar-refractivity contribution is 0.534. The topological polar surface area (TPSA) is 82.9 Å². The molecule has 1 unspecified atom stereocenters. The van der Waals surface area contributed by atoms with Crippen molar-refractivity contribution in [2.45, 2.75) is 44.0 Å². The molecule has 18 heavy (non-hydrogen) atoms. The van der Waals surface area contributed by atoms with Crippen molar-refractivity contribution in [1.82, 2.24) is 9.71 Å². The fourth-order valence-corrected chi connectivity index (χ4v) is 2.73. The van der Waals surface area contributed by atoms with Crippen LogP contribution in [0.3, 0.4) is 0 Å². The molecule has 0 saturated carbocycles. The van der Waals surface area contributed by atoms with Gasteiger partial charge in [0.05, 0.1) is 0 Å². The predicted molar refractivity (Wildman–Crippen MR) is 68.3 cm³/mol. The minimum absolute atomic E-state index is 0.0878. The van der Waals surface area contributed by atoms with E-state index >= 15 is 0 Å². The van der Waals surface area contributed by atoms with E-state index in [1.54, 1.807) is 0 Å². The number of hydrogen-bond acceptors (Lipinski definition) is 4. The van der Waals surface area contributed by atoms with Gasteiger partial charge in [0.2, 0.25) is 10.0 Å². The van der Waals surface area contributed by atoms with E-state index in [1.165, 1.54) is 18.3 Å². The van der Waals surface area contributed by atoms with Gasteiger partial charge in [-0.1, -0.05) is 19.8 Å². The summed E-state index contributed by atoms with van der Waals surface area (Å²) in [7, 11) is -3.54. The standard InChI is InChI=1S/C12H17N3O2S/c1-3-4-5-10(2)15-18(16,17)12-7-6-11(8-13)14-9-12/h6-7,9-10,15H,3-5H2,1-2H3. The van der Waals surface area contributed by atoms with Gasteiger partial charge in [-0.05, 0) is 25.5 Å². The van der Waals surface area contributed by atoms with Gasteiger partial charge in [0.15, 0.2) is 0 Å². The van der Waals surface area contributed by atoms with E-state index in [2.05, 4.69) is 16.6 Å². The van der Waals surface area contributed by atoms with Gasteiger partial charge < -0.3 is 0 Å². The van der Waals surface area contributed by atoms with Crippen LogP contribution in [0.1, 0.15) is 38.8 Å². The zero-order chi connectivity index (χ0) is 13.6. The molecular weight excluding hydrogens is 250 g/mol. The van der Waals surface area contributed by atoms with Crippen LogP contribution in [-0.4, -0.2) is 19.4 Å². The molecule has 0 saturated heterocycles. The third-order valence-corrected chi connectivity index (χ3v) is 4.08. The summed E-state index contributed by atoms with van der Waals surface area (Å²) in [5, 5.41) is 8.60. The van der Waals surface area contributed by atoms with Crippen molar-refractivity contribution < 1.29 is 8.42 Å². The van der Waals surface area contributed by atoms with E-state index < -0.39 is 10.0 Å². The number of pyridine rings is 1. The molecule has 1 heterocycles. The lowest BCUT2D eigenvalue weighted by Gasteiger charge is -2.13. The van der Waals surface area contributed by atoms with Crippen LogP contribution in [0.5, 0.6) is 0 Å². The van der Waals surface area contributed by atoms with Crippen molar-refractivity contribution >= 4 is 10.0 Å². The van der Waals surface area contributed by atoms with E-state index in [4.69, 9.17) is 5.26 Å². The number of sulfonamides is 1. The Labute approximate surface area is 108 Å². The van der Waals surface area contributed by atoms with Gasteiger partial charge in [0.25, 0.3) is 0 Å². The molecule has 0 fully saturated rings. The summed E-state index contributed by atoms with van der Waals surface area (Å²) in [4.78, 5) is 3.84. The number of aromatic nitrogens is 1. The number of nitrogens with zero attached hydrogens (tertiary/aromatic N) is 2. The molecule has 1 aromatic heterocycles. The average Bonchev–Trinajstić information content (AvgIpc) is 2.36. The first-order chi connectivity index (χ1) is 8.49. The second kappa shape index (κ2) is 6.47. The Morgan fingerprint density at radius 2 is 2.22 bits per heavy atom. The molecule has 98 valence electrons. The Bertz CT molecular complexity index is 517. The predicted octanol–water partition coefficient (Wildman–Crippen LogP) is 1.81. The molecule has 0 aliphatic carbocycles. The van der Waals surface area contributed by atoms with Crippen molar-refractivity contribution in [2.24, 2.45) is 0 Å². The highest BCUT2D eigenvalue weighted by Crippen LogP contribution is 2.10. The van der Waals surface area contributed by atoms with Crippen molar-refractivity contribution in [3.63, 3.8) is 0 Å². The SMILES string of the molecule is CCCCC(C)NS(=O)(=O)c1ccc(C#N)nc1. The Kier molecular flexibility index (Phi) is 5.25. The van der Waals surface area contributed by atoms with Gasteiger partial charge >= 0.3 is 0 Å². The highest BCUT2D eigenvalue weighted by molar-refractivity contribution is 7.89. The number of nitrogens with one attached hydrogen (secondary N) is 1. The molecule has 0 aliphatic heterocycles. The van der Waals surface area contributed by atoms with Crippen LogP contribution >= 0.6 is 0 Å². The maximum Gasteiger partial charge on any atom is 0.242 e. The molecule has 1 aromatic rings. The minimum atomic E-state index is -3.54. The molecule has 1 N–H and O–H groups in total. The third-order valence-electron chi connectivity index (χ3n) is 2.51. The van der Waals surface area contributed by atoms with Crippen molar-refractivity contribution in [2.75, 3.05) is 0 Å². The van der Waals surface area contributed by atoms with Crippen LogP contribution in [-0.2, 0) is 10.0 Å². The first-order valence-corrected chi connectivity index (χ1v) is 7.36. The smallest absolute Gasteiger partial charge is 0.242 e. The summed E-state index contributed by atoms with van der Waals surface area (Å²) in [5.74, 6) is 0. The molecule has 0 spiro atoms. The van der Waals surface area contributed by atoms with E-state index in [-0.39, 0.29) is 16.6 Å². The number of rotatable bonds is 6. The highest BCUT2D eigenvalue weighted by atomic mass is 32.2. The zero-order valence-corrected chi connectivity index (χ0v) is 11.4. The largest absolute Gasteiger partial charge is 0.244 e. The molecule has 5 nitrogen and oxygen atoms in total. The number of nitriles is 1. The summed E-state index contributed by atoms with van der Waals surface area (Å²) < 4.78 is 26.5. The molecule has 0 aromatic carbocycles. The van der Waals surface area contributed by atoms with Crippen LogP contribution in [0.2, 0.25) is 0 Å². The van der Waals surface area contributed by atoms with Crippen molar-refractivity contribution in [3.8, 4) is 6.07 Å². The fourth-order valence-electron chi connectivity index (χ4n) is 1.51. The maximum absolute atomic E-state index is 12.0. The molecule has 6 heteroatoms. The Morgan fingerprint density at radius 3 is 2.72 bits per heavy atom. The lowest BCUT2D eigenvalue weighted by Crippen LogP contribution is -2.32. The normalized spacial score (nSPS) is 12.9. The second-order valence-corrected chi connectivity index (χ2v) is 5.87. The Morgan fingerprint density at radius 1 is 1.50 bits per heavy atom. The van der Waals surface area contributed by atoms with Gasteiger partial charge in [-0.15, -0.1) is 0 Å². The molecule has 0 aliphatic rings. The number of hydrogen-bond donors (Lipinski definition) is 1. The fraction of sp³-hybridized carbons (Fsp3) is 0.500. The highest BCUT2D eigenvalue weighted by Gasteiger charge is 2.17. The monoisotopic (exact) mass is 267 g/mol. The molecule has 1 rings (SSSR count). The molecule has 0 bridgehead atoms. The Balaban J connectivity index is 2.76. The minimum Gasteiger partial charge on any atom is -0.244 e. The van der Waals surface area contributed by atoms with Crippen molar-refractivity contribution in [1.29, 1.82) is 5.26 Å². The molecule has 1 atom stereocenters. The average molecular weight is 267 g/mol. The quantitative estimate of drug-likeness (QED) is 0.852. The van der Waals surface area contributed by atoms with Gasteiger partial charge in [0, 0.05) is 12.2 Å². The van der Waals surface area contributed by atoms with Crippen LogP contribution in [0.4, 0.5) is 0 Å². The Hall–Kier alpha value is -1.45. The zero-order valence-electron chi connectivity index (χ0n) is 10.5. The molecular formula is C12H17N3O2S. The summed E-state index contributed by atoms with van der Waals surface area (Å²) in [6.07, 6.45) is 4.02. The first-order valence-electron chi connectivity index (χ1n) is 5.88. The lowest BCUT2D eigenvalue weighted by atomic mass is 10.2. The van der Waals surface area contributed by atoms with Crippen molar-refractivity contribution in [3.05, 3.63) is 24.0 Å². The van der Waals surface area contributed by atoms with E-state index in [0.29, 0.717) is 0 Å². The van der Waals surface area contributed by atoms with E-state index in [9.17, 15) is 8.42 Å². The maximum atomic E-state index is 12.0. The van der Waals surface area contributed by atoms with Crippen LogP contribution in [0, 0.1) is 11.3 Å².